The molecule has 0 aliphatic rings. The van der Waals surface area contributed by atoms with Gasteiger partial charge < -0.3 is 9.47 Å². The molecule has 8 rings (SSSR count). The van der Waals surface area contributed by atoms with Crippen molar-refractivity contribution < 1.29 is 9.47 Å². The minimum Gasteiger partial charge on any atom is -0.380 e. The summed E-state index contributed by atoms with van der Waals surface area (Å²) in [6, 6.07) is 60.6. The van der Waals surface area contributed by atoms with Crippen molar-refractivity contribution in [3.8, 4) is 0 Å². The lowest BCUT2D eigenvalue weighted by atomic mass is 9.94. The summed E-state index contributed by atoms with van der Waals surface area (Å²) in [5.74, 6) is 1.48. The zero-order valence-corrected chi connectivity index (χ0v) is 32.1. The fourth-order valence-corrected chi connectivity index (χ4v) is 7.92. The third kappa shape index (κ3) is 8.57. The number of hydrogen-bond donors (Lipinski definition) is 0. The van der Waals surface area contributed by atoms with E-state index in [1.165, 1.54) is 65.3 Å². The summed E-state index contributed by atoms with van der Waals surface area (Å²) in [7, 11) is 0. The van der Waals surface area contributed by atoms with Gasteiger partial charge in [0.25, 0.3) is 0 Å². The zero-order valence-electron chi connectivity index (χ0n) is 32.1. The van der Waals surface area contributed by atoms with Crippen LogP contribution in [0.2, 0.25) is 0 Å². The summed E-state index contributed by atoms with van der Waals surface area (Å²) in [5.41, 5.74) is 5.47. The van der Waals surface area contributed by atoms with Gasteiger partial charge in [-0.15, -0.1) is 0 Å². The first kappa shape index (κ1) is 37.1. The first-order valence-corrected chi connectivity index (χ1v) is 19.5. The van der Waals surface area contributed by atoms with E-state index in [1.54, 1.807) is 0 Å². The second-order valence-electron chi connectivity index (χ2n) is 15.0. The van der Waals surface area contributed by atoms with E-state index in [9.17, 15) is 0 Å². The van der Waals surface area contributed by atoms with Gasteiger partial charge in [-0.3, -0.25) is 0 Å². The van der Waals surface area contributed by atoms with E-state index < -0.39 is 0 Å². The summed E-state index contributed by atoms with van der Waals surface area (Å²) in [4.78, 5) is 0. The molecule has 8 aromatic rings. The van der Waals surface area contributed by atoms with Crippen LogP contribution in [0.15, 0.2) is 170 Å². The van der Waals surface area contributed by atoms with E-state index in [0.717, 1.165) is 26.4 Å². The smallest absolute Gasteiger partial charge is 0.0532 e. The molecule has 0 N–H and O–H groups in total. The third-order valence-electron chi connectivity index (χ3n) is 10.9. The van der Waals surface area contributed by atoms with Crippen molar-refractivity contribution in [2.75, 3.05) is 26.4 Å². The van der Waals surface area contributed by atoms with Crippen LogP contribution in [0.1, 0.15) is 73.6 Å². The Hall–Kier alpha value is -5.28. The van der Waals surface area contributed by atoms with Gasteiger partial charge in [0.1, 0.15) is 0 Å². The molecule has 0 heterocycles. The van der Waals surface area contributed by atoms with Crippen LogP contribution in [-0.2, 0) is 9.47 Å². The third-order valence-corrected chi connectivity index (χ3v) is 10.9. The van der Waals surface area contributed by atoms with E-state index in [4.69, 9.17) is 9.47 Å². The van der Waals surface area contributed by atoms with Crippen LogP contribution in [0.5, 0.6) is 0 Å². The van der Waals surface area contributed by atoms with Gasteiger partial charge in [-0.1, -0.05) is 198 Å². The maximum atomic E-state index is 6.16. The molecule has 0 fully saturated rings. The molecule has 0 spiro atoms. The highest BCUT2D eigenvalue weighted by Gasteiger charge is 2.15. The van der Waals surface area contributed by atoms with Crippen molar-refractivity contribution >= 4 is 43.1 Å². The second-order valence-corrected chi connectivity index (χ2v) is 15.0. The molecule has 4 atom stereocenters. The summed E-state index contributed by atoms with van der Waals surface area (Å²) in [5, 5.41) is 10.5. The van der Waals surface area contributed by atoms with Crippen LogP contribution in [0.3, 0.4) is 0 Å². The molecule has 8 aromatic carbocycles. The molecular formula is C52H52O2. The molecule has 4 unspecified atom stereocenters. The number of hydrogen-bond acceptors (Lipinski definition) is 2. The number of fused-ring (bicyclic) bond motifs is 4. The Balaban J connectivity index is 0.000000167. The van der Waals surface area contributed by atoms with Crippen LogP contribution in [0.4, 0.5) is 0 Å². The average molecular weight is 709 g/mol. The highest BCUT2D eigenvalue weighted by atomic mass is 16.5. The lowest BCUT2D eigenvalue weighted by molar-refractivity contribution is 0.114. The molecule has 0 aromatic heterocycles. The van der Waals surface area contributed by atoms with Gasteiger partial charge in [0.15, 0.2) is 0 Å². The van der Waals surface area contributed by atoms with Gasteiger partial charge in [0.2, 0.25) is 0 Å². The van der Waals surface area contributed by atoms with Crippen LogP contribution >= 0.6 is 0 Å². The SMILES string of the molecule is CC(COCC(C)c1cccc2ccccc12)c1cccc2ccccc12.CC(COCC(C)c1cccc2ccccc12)c1cccc2ccccc12. The normalized spacial score (nSPS) is 13.7. The van der Waals surface area contributed by atoms with Crippen molar-refractivity contribution in [2.45, 2.75) is 51.4 Å². The van der Waals surface area contributed by atoms with E-state index >= 15 is 0 Å². The van der Waals surface area contributed by atoms with Gasteiger partial charge >= 0.3 is 0 Å². The van der Waals surface area contributed by atoms with Crippen molar-refractivity contribution in [3.63, 3.8) is 0 Å². The lowest BCUT2D eigenvalue weighted by Crippen LogP contribution is -2.10. The molecule has 0 saturated carbocycles. The summed E-state index contributed by atoms with van der Waals surface area (Å²) >= 11 is 0. The van der Waals surface area contributed by atoms with Gasteiger partial charge in [-0.25, -0.2) is 0 Å². The Morgan fingerprint density at radius 3 is 0.722 bits per heavy atom. The molecular weight excluding hydrogens is 657 g/mol. The molecule has 0 aliphatic carbocycles. The highest BCUT2D eigenvalue weighted by Crippen LogP contribution is 2.30. The number of rotatable bonds is 12. The van der Waals surface area contributed by atoms with E-state index in [2.05, 4.69) is 198 Å². The Kier molecular flexibility index (Phi) is 12.1. The quantitative estimate of drug-likeness (QED) is 0.126. The van der Waals surface area contributed by atoms with Crippen molar-refractivity contribution in [3.05, 3.63) is 192 Å². The first-order chi connectivity index (χ1) is 26.5. The van der Waals surface area contributed by atoms with Crippen LogP contribution in [0, 0.1) is 0 Å². The van der Waals surface area contributed by atoms with E-state index in [-0.39, 0.29) is 0 Å². The molecule has 0 radical (unpaired) electrons. The van der Waals surface area contributed by atoms with Gasteiger partial charge in [-0.05, 0) is 65.3 Å². The van der Waals surface area contributed by atoms with Crippen LogP contribution < -0.4 is 0 Å². The Morgan fingerprint density at radius 1 is 0.278 bits per heavy atom. The largest absolute Gasteiger partial charge is 0.380 e. The topological polar surface area (TPSA) is 18.5 Å². The zero-order chi connectivity index (χ0) is 37.3. The standard InChI is InChI=1S/2C26H26O/c2*1-19(23-15-7-11-21-9-3-5-13-25(21)23)17-27-18-20(2)24-16-8-12-22-10-4-6-14-26(22)24/h2*3-16,19-20H,17-18H2,1-2H3. The summed E-state index contributed by atoms with van der Waals surface area (Å²) < 4.78 is 12.3. The number of benzene rings is 8. The maximum absolute atomic E-state index is 6.16. The molecule has 54 heavy (non-hydrogen) atoms. The predicted octanol–water partition coefficient (Wildman–Crippen LogP) is 13.8. The Labute approximate surface area is 321 Å². The number of ether oxygens (including phenoxy) is 2. The second kappa shape index (κ2) is 17.7. The molecule has 0 saturated heterocycles. The molecule has 2 heteroatoms. The van der Waals surface area contributed by atoms with Crippen molar-refractivity contribution in [1.82, 2.24) is 0 Å². The molecule has 0 bridgehead atoms. The van der Waals surface area contributed by atoms with Crippen LogP contribution in [0.25, 0.3) is 43.1 Å². The predicted molar refractivity (Wildman–Crippen MR) is 231 cm³/mol. The van der Waals surface area contributed by atoms with E-state index in [0.29, 0.717) is 23.7 Å². The maximum Gasteiger partial charge on any atom is 0.0532 e. The average Bonchev–Trinajstić information content (AvgIpc) is 3.22. The first-order valence-electron chi connectivity index (χ1n) is 19.5. The molecule has 0 amide bonds. The Bertz CT molecular complexity index is 2080. The lowest BCUT2D eigenvalue weighted by Gasteiger charge is -2.18. The summed E-state index contributed by atoms with van der Waals surface area (Å²) in [6.45, 7) is 12.0. The van der Waals surface area contributed by atoms with Gasteiger partial charge in [-0.2, -0.15) is 0 Å². The van der Waals surface area contributed by atoms with Crippen molar-refractivity contribution in [1.29, 1.82) is 0 Å². The molecule has 272 valence electrons. The highest BCUT2D eigenvalue weighted by molar-refractivity contribution is 5.88. The Morgan fingerprint density at radius 2 is 0.481 bits per heavy atom. The van der Waals surface area contributed by atoms with Gasteiger partial charge in [0.05, 0.1) is 26.4 Å². The van der Waals surface area contributed by atoms with Crippen LogP contribution in [-0.4, -0.2) is 26.4 Å². The fraction of sp³-hybridized carbons (Fsp3) is 0.231. The molecule has 0 aliphatic heterocycles. The van der Waals surface area contributed by atoms with Gasteiger partial charge in [0, 0.05) is 23.7 Å². The monoisotopic (exact) mass is 708 g/mol. The van der Waals surface area contributed by atoms with Crippen molar-refractivity contribution in [2.24, 2.45) is 0 Å². The van der Waals surface area contributed by atoms with E-state index in [1.807, 2.05) is 0 Å². The fourth-order valence-electron chi connectivity index (χ4n) is 7.92. The minimum atomic E-state index is 0.371. The minimum absolute atomic E-state index is 0.371. The summed E-state index contributed by atoms with van der Waals surface area (Å²) in [6.07, 6.45) is 0. The molecule has 2 nitrogen and oxygen atoms in total.